The summed E-state index contributed by atoms with van der Waals surface area (Å²) >= 11 is 13.2. The summed E-state index contributed by atoms with van der Waals surface area (Å²) in [6, 6.07) is 2.35. The third-order valence-corrected chi connectivity index (χ3v) is 3.96. The monoisotopic (exact) mass is 289 g/mol. The summed E-state index contributed by atoms with van der Waals surface area (Å²) in [6.45, 7) is 0.604. The summed E-state index contributed by atoms with van der Waals surface area (Å²) in [5.74, 6) is 0.996. The van der Waals surface area contributed by atoms with Gasteiger partial charge in [-0.15, -0.1) is 21.5 Å². The lowest BCUT2D eigenvalue weighted by molar-refractivity contribution is 0.476. The number of halogens is 2. The molecule has 0 amide bonds. The number of hydrogen-bond donors (Lipinski definition) is 1. The Balaban J connectivity index is 1.76. The van der Waals surface area contributed by atoms with Gasteiger partial charge in [-0.25, -0.2) is 0 Å². The summed E-state index contributed by atoms with van der Waals surface area (Å²) in [7, 11) is 0. The quantitative estimate of drug-likeness (QED) is 0.938. The molecule has 3 rings (SSSR count). The van der Waals surface area contributed by atoms with E-state index in [0.29, 0.717) is 38.6 Å². The van der Waals surface area contributed by atoms with Crippen LogP contribution in [0.1, 0.15) is 18.7 Å². The van der Waals surface area contributed by atoms with Gasteiger partial charge in [0.2, 0.25) is 11.8 Å². The normalized spacial score (nSPS) is 15.4. The first-order valence-electron chi connectivity index (χ1n) is 5.23. The molecule has 1 saturated carbocycles. The Morgan fingerprint density at radius 3 is 2.88 bits per heavy atom. The molecule has 1 aliphatic rings. The predicted molar refractivity (Wildman–Crippen MR) is 67.5 cm³/mol. The van der Waals surface area contributed by atoms with Crippen LogP contribution in [0.2, 0.25) is 8.67 Å². The van der Waals surface area contributed by atoms with Crippen LogP contribution in [0.25, 0.3) is 11.5 Å². The highest BCUT2D eigenvalue weighted by molar-refractivity contribution is 7.20. The molecule has 7 heteroatoms. The van der Waals surface area contributed by atoms with Crippen molar-refractivity contribution in [1.82, 2.24) is 15.5 Å². The molecular formula is C10H9Cl2N3OS. The zero-order valence-electron chi connectivity index (χ0n) is 8.74. The maximum atomic E-state index is 6.02. The summed E-state index contributed by atoms with van der Waals surface area (Å²) < 4.78 is 6.70. The van der Waals surface area contributed by atoms with Crippen LogP contribution in [-0.2, 0) is 6.54 Å². The van der Waals surface area contributed by atoms with Crippen LogP contribution in [0.15, 0.2) is 10.5 Å². The lowest BCUT2D eigenvalue weighted by atomic mass is 10.3. The fourth-order valence-electron chi connectivity index (χ4n) is 1.44. The van der Waals surface area contributed by atoms with Crippen molar-refractivity contribution < 1.29 is 4.42 Å². The van der Waals surface area contributed by atoms with Crippen LogP contribution < -0.4 is 5.32 Å². The molecule has 0 atom stereocenters. The summed E-state index contributed by atoms with van der Waals surface area (Å²) in [5.41, 5.74) is 0.701. The molecule has 0 unspecified atom stereocenters. The minimum atomic E-state index is 0.422. The van der Waals surface area contributed by atoms with E-state index in [1.54, 1.807) is 6.07 Å². The van der Waals surface area contributed by atoms with Gasteiger partial charge in [0.1, 0.15) is 4.34 Å². The van der Waals surface area contributed by atoms with E-state index in [1.807, 2.05) is 0 Å². The molecule has 17 heavy (non-hydrogen) atoms. The van der Waals surface area contributed by atoms with E-state index in [0.717, 1.165) is 0 Å². The number of thiophene rings is 1. The molecule has 2 aromatic rings. The van der Waals surface area contributed by atoms with Crippen LogP contribution in [0.4, 0.5) is 0 Å². The molecule has 0 aromatic carbocycles. The largest absolute Gasteiger partial charge is 0.419 e. The van der Waals surface area contributed by atoms with Crippen molar-refractivity contribution >= 4 is 34.5 Å². The van der Waals surface area contributed by atoms with Crippen LogP contribution in [-0.4, -0.2) is 16.2 Å². The molecule has 0 saturated heterocycles. The highest BCUT2D eigenvalue weighted by Crippen LogP contribution is 2.37. The Hall–Kier alpha value is -0.620. The van der Waals surface area contributed by atoms with Gasteiger partial charge in [0.25, 0.3) is 0 Å². The van der Waals surface area contributed by atoms with Crippen LogP contribution in [0.3, 0.4) is 0 Å². The predicted octanol–water partition coefficient (Wildman–Crippen LogP) is 3.36. The molecule has 0 radical (unpaired) electrons. The second-order valence-corrected chi connectivity index (χ2v) is 6.18. The number of nitrogens with one attached hydrogen (secondary N) is 1. The minimum absolute atomic E-state index is 0.422. The summed E-state index contributed by atoms with van der Waals surface area (Å²) in [6.07, 6.45) is 2.46. The SMILES string of the molecule is Clc1cc(-c2nnc(CNC3CC3)o2)c(Cl)s1. The van der Waals surface area contributed by atoms with Crippen molar-refractivity contribution in [2.45, 2.75) is 25.4 Å². The molecular weight excluding hydrogens is 281 g/mol. The summed E-state index contributed by atoms with van der Waals surface area (Å²) in [5, 5.41) is 11.2. The third kappa shape index (κ3) is 2.63. The molecule has 1 fully saturated rings. The Morgan fingerprint density at radius 2 is 2.24 bits per heavy atom. The lowest BCUT2D eigenvalue weighted by Crippen LogP contribution is -2.15. The van der Waals surface area contributed by atoms with Gasteiger partial charge in [0.05, 0.1) is 16.4 Å². The molecule has 2 heterocycles. The lowest BCUT2D eigenvalue weighted by Gasteiger charge is -1.95. The Morgan fingerprint density at radius 1 is 1.41 bits per heavy atom. The van der Waals surface area contributed by atoms with E-state index in [9.17, 15) is 0 Å². The van der Waals surface area contributed by atoms with E-state index >= 15 is 0 Å². The van der Waals surface area contributed by atoms with Gasteiger partial charge in [-0.1, -0.05) is 23.2 Å². The third-order valence-electron chi connectivity index (χ3n) is 2.47. The molecule has 0 bridgehead atoms. The molecule has 1 aliphatic carbocycles. The van der Waals surface area contributed by atoms with Gasteiger partial charge in [-0.3, -0.25) is 0 Å². The van der Waals surface area contributed by atoms with Gasteiger partial charge in [0.15, 0.2) is 0 Å². The average molecular weight is 290 g/mol. The molecule has 0 spiro atoms. The van der Waals surface area contributed by atoms with Crippen molar-refractivity contribution in [2.75, 3.05) is 0 Å². The molecule has 0 aliphatic heterocycles. The van der Waals surface area contributed by atoms with Gasteiger partial charge >= 0.3 is 0 Å². The smallest absolute Gasteiger partial charge is 0.250 e. The summed E-state index contributed by atoms with van der Waals surface area (Å²) in [4.78, 5) is 0. The van der Waals surface area contributed by atoms with Crippen LogP contribution in [0, 0.1) is 0 Å². The molecule has 2 aromatic heterocycles. The Kier molecular flexibility index (Phi) is 3.08. The highest BCUT2D eigenvalue weighted by atomic mass is 35.5. The second kappa shape index (κ2) is 4.57. The fraction of sp³-hybridized carbons (Fsp3) is 0.400. The molecule has 1 N–H and O–H groups in total. The van der Waals surface area contributed by atoms with Crippen LogP contribution in [0.5, 0.6) is 0 Å². The highest BCUT2D eigenvalue weighted by Gasteiger charge is 2.21. The first kappa shape index (κ1) is 11.5. The van der Waals surface area contributed by atoms with E-state index in [2.05, 4.69) is 15.5 Å². The van der Waals surface area contributed by atoms with Gasteiger partial charge in [0, 0.05) is 6.04 Å². The van der Waals surface area contributed by atoms with Crippen molar-refractivity contribution in [2.24, 2.45) is 0 Å². The first-order valence-corrected chi connectivity index (χ1v) is 6.80. The zero-order valence-corrected chi connectivity index (χ0v) is 11.1. The average Bonchev–Trinajstić information content (AvgIpc) is 2.90. The zero-order chi connectivity index (χ0) is 11.8. The fourth-order valence-corrected chi connectivity index (χ4v) is 2.89. The Labute approximate surface area is 112 Å². The maximum Gasteiger partial charge on any atom is 0.250 e. The first-order chi connectivity index (χ1) is 8.22. The van der Waals surface area contributed by atoms with E-state index in [1.165, 1.54) is 24.2 Å². The molecule has 90 valence electrons. The number of nitrogens with zero attached hydrogens (tertiary/aromatic N) is 2. The molecule has 4 nitrogen and oxygen atoms in total. The van der Waals surface area contributed by atoms with Crippen LogP contribution >= 0.6 is 34.5 Å². The van der Waals surface area contributed by atoms with Crippen molar-refractivity contribution in [3.05, 3.63) is 20.6 Å². The van der Waals surface area contributed by atoms with Gasteiger partial charge in [-0.05, 0) is 18.9 Å². The van der Waals surface area contributed by atoms with Crippen molar-refractivity contribution in [3.63, 3.8) is 0 Å². The Bertz CT molecular complexity index is 535. The van der Waals surface area contributed by atoms with E-state index in [-0.39, 0.29) is 0 Å². The van der Waals surface area contributed by atoms with E-state index < -0.39 is 0 Å². The van der Waals surface area contributed by atoms with Crippen molar-refractivity contribution in [1.29, 1.82) is 0 Å². The topological polar surface area (TPSA) is 51.0 Å². The number of rotatable bonds is 4. The van der Waals surface area contributed by atoms with Gasteiger partial charge < -0.3 is 9.73 Å². The standard InChI is InChI=1S/C10H9Cl2N3OS/c11-7-3-6(9(12)17-7)10-15-14-8(16-10)4-13-5-1-2-5/h3,5,13H,1-2,4H2. The van der Waals surface area contributed by atoms with E-state index in [4.69, 9.17) is 27.6 Å². The second-order valence-electron chi connectivity index (χ2n) is 3.89. The number of hydrogen-bond acceptors (Lipinski definition) is 5. The van der Waals surface area contributed by atoms with Crippen molar-refractivity contribution in [3.8, 4) is 11.5 Å². The van der Waals surface area contributed by atoms with Gasteiger partial charge in [-0.2, -0.15) is 0 Å². The number of aromatic nitrogens is 2. The maximum absolute atomic E-state index is 6.02. The minimum Gasteiger partial charge on any atom is -0.419 e.